The van der Waals surface area contributed by atoms with Gasteiger partial charge in [0.2, 0.25) is 0 Å². The third-order valence-corrected chi connectivity index (χ3v) is 10.6. The molecular weight excluding hydrogens is 518 g/mol. The van der Waals surface area contributed by atoms with E-state index in [1.165, 1.54) is 0 Å². The van der Waals surface area contributed by atoms with Crippen LogP contribution in [0.3, 0.4) is 0 Å². The van der Waals surface area contributed by atoms with E-state index >= 15 is 8.78 Å². The van der Waals surface area contributed by atoms with Crippen LogP contribution < -0.4 is 21.3 Å². The van der Waals surface area contributed by atoms with Crippen molar-refractivity contribution in [3.63, 3.8) is 0 Å². The molecule has 5 aliphatic heterocycles. The summed E-state index contributed by atoms with van der Waals surface area (Å²) in [5.41, 5.74) is 0. The number of piperidine rings is 2. The summed E-state index contributed by atoms with van der Waals surface area (Å²) in [6, 6.07) is -0.835. The molecule has 0 spiro atoms. The number of carbonyl (C=O) groups excluding carboxylic acids is 1. The minimum Gasteiger partial charge on any atom is -0.378 e. The number of fused-ring (bicyclic) bond motifs is 5. The number of hydrogen-bond acceptors (Lipinski definition) is 7. The van der Waals surface area contributed by atoms with Crippen LogP contribution in [0.4, 0.5) is 13.6 Å². The van der Waals surface area contributed by atoms with Crippen LogP contribution in [0, 0.1) is 17.8 Å². The molecule has 5 saturated heterocycles. The number of carbonyl (C=O) groups is 1. The summed E-state index contributed by atoms with van der Waals surface area (Å²) in [5.74, 6) is -0.499. The van der Waals surface area contributed by atoms with E-state index in [9.17, 15) is 4.79 Å². The van der Waals surface area contributed by atoms with Crippen LogP contribution in [-0.2, 0) is 9.47 Å². The Morgan fingerprint density at radius 1 is 0.975 bits per heavy atom. The van der Waals surface area contributed by atoms with Crippen LogP contribution >= 0.6 is 0 Å². The number of ether oxygens (including phenoxy) is 2. The van der Waals surface area contributed by atoms with Crippen LogP contribution in [0.5, 0.6) is 0 Å². The fourth-order valence-electron chi connectivity index (χ4n) is 8.65. The van der Waals surface area contributed by atoms with Crippen LogP contribution in [0.1, 0.15) is 59.3 Å². The molecule has 1 aliphatic carbocycles. The zero-order valence-corrected chi connectivity index (χ0v) is 24.4. The highest BCUT2D eigenvalue weighted by atomic mass is 19.1. The fourth-order valence-corrected chi connectivity index (χ4v) is 8.65. The molecule has 12 atom stereocenters. The topological polar surface area (TPSA) is 90.1 Å². The van der Waals surface area contributed by atoms with Gasteiger partial charge in [0.25, 0.3) is 0 Å². The Labute approximate surface area is 237 Å². The van der Waals surface area contributed by atoms with Crippen LogP contribution in [0.15, 0.2) is 0 Å². The van der Waals surface area contributed by atoms with E-state index in [-0.39, 0.29) is 60.8 Å². The van der Waals surface area contributed by atoms with E-state index in [0.717, 1.165) is 45.4 Å². The highest BCUT2D eigenvalue weighted by Gasteiger charge is 2.57. The first-order valence-electron chi connectivity index (χ1n) is 15.9. The quantitative estimate of drug-likeness (QED) is 0.405. The van der Waals surface area contributed by atoms with Gasteiger partial charge >= 0.3 is 6.03 Å². The number of urea groups is 1. The van der Waals surface area contributed by atoms with Gasteiger partial charge in [-0.15, -0.1) is 0 Å². The summed E-state index contributed by atoms with van der Waals surface area (Å²) in [6.45, 7) is 10.8. The average Bonchev–Trinajstić information content (AvgIpc) is 2.94. The number of piperazine rings is 1. The van der Waals surface area contributed by atoms with Crippen molar-refractivity contribution < 1.29 is 23.0 Å². The second-order valence-corrected chi connectivity index (χ2v) is 13.3. The third kappa shape index (κ3) is 5.39. The van der Waals surface area contributed by atoms with E-state index in [0.29, 0.717) is 26.1 Å². The van der Waals surface area contributed by atoms with Gasteiger partial charge < -0.3 is 30.3 Å². The summed E-state index contributed by atoms with van der Waals surface area (Å²) in [6.07, 6.45) is 0.127. The van der Waals surface area contributed by atoms with E-state index < -0.39 is 30.5 Å². The number of alkyl halides is 2. The lowest BCUT2D eigenvalue weighted by Gasteiger charge is -2.59. The molecule has 2 bridgehead atoms. The number of nitrogens with one attached hydrogen (secondary N) is 4. The molecule has 5 heterocycles. The van der Waals surface area contributed by atoms with Gasteiger partial charge in [-0.05, 0) is 57.9 Å². The Kier molecular flexibility index (Phi) is 8.87. The first-order chi connectivity index (χ1) is 19.3. The highest BCUT2D eigenvalue weighted by Crippen LogP contribution is 2.42. The van der Waals surface area contributed by atoms with E-state index in [4.69, 9.17) is 9.47 Å². The minimum atomic E-state index is -1.23. The molecule has 0 radical (unpaired) electrons. The van der Waals surface area contributed by atoms with Gasteiger partial charge in [-0.3, -0.25) is 10.2 Å². The number of halogens is 2. The molecule has 9 nitrogen and oxygen atoms in total. The minimum absolute atomic E-state index is 0.0286. The summed E-state index contributed by atoms with van der Waals surface area (Å²) >= 11 is 0. The van der Waals surface area contributed by atoms with Gasteiger partial charge in [0.05, 0.1) is 30.6 Å². The summed E-state index contributed by atoms with van der Waals surface area (Å²) in [5, 5.41) is 14.1. The first kappa shape index (κ1) is 29.0. The highest BCUT2D eigenvalue weighted by molar-refractivity contribution is 5.76. The molecule has 0 aromatic carbocycles. The molecule has 0 aromatic rings. The Bertz CT molecular complexity index is 887. The smallest absolute Gasteiger partial charge is 0.320 e. The molecule has 6 rings (SSSR count). The van der Waals surface area contributed by atoms with Gasteiger partial charge in [-0.25, -0.2) is 13.6 Å². The lowest BCUT2D eigenvalue weighted by molar-refractivity contribution is -0.117. The lowest BCUT2D eigenvalue weighted by atomic mass is 9.73. The molecule has 2 amide bonds. The maximum absolute atomic E-state index is 16.4. The average molecular weight is 569 g/mol. The Balaban J connectivity index is 1.41. The van der Waals surface area contributed by atoms with E-state index in [1.54, 1.807) is 0 Å². The SMILES string of the molecule is CC(C)C1NCCC2OCCCOC3CCCC(F)C3C3NC4C(CC3F)C(N3CCNC[C@@H]3C)NC(=O)N4C21. The first-order valence-corrected chi connectivity index (χ1v) is 15.9. The molecule has 11 unspecified atom stereocenters. The Morgan fingerprint density at radius 2 is 1.77 bits per heavy atom. The van der Waals surface area contributed by atoms with Crippen LogP contribution in [-0.4, -0.2) is 116 Å². The van der Waals surface area contributed by atoms with Crippen molar-refractivity contribution in [2.24, 2.45) is 17.8 Å². The second kappa shape index (κ2) is 12.2. The van der Waals surface area contributed by atoms with Gasteiger partial charge in [0, 0.05) is 62.8 Å². The second-order valence-electron chi connectivity index (χ2n) is 13.3. The number of amides is 2. The molecule has 228 valence electrons. The lowest BCUT2D eigenvalue weighted by Crippen LogP contribution is -2.80. The predicted octanol–water partition coefficient (Wildman–Crippen LogP) is 1.97. The van der Waals surface area contributed by atoms with Crippen molar-refractivity contribution in [2.75, 3.05) is 39.4 Å². The maximum Gasteiger partial charge on any atom is 0.320 e. The van der Waals surface area contributed by atoms with Crippen molar-refractivity contribution >= 4 is 6.03 Å². The molecule has 1 saturated carbocycles. The monoisotopic (exact) mass is 568 g/mol. The van der Waals surface area contributed by atoms with Crippen molar-refractivity contribution in [1.82, 2.24) is 31.1 Å². The maximum atomic E-state index is 16.4. The van der Waals surface area contributed by atoms with Gasteiger partial charge in [-0.1, -0.05) is 13.8 Å². The van der Waals surface area contributed by atoms with Gasteiger partial charge in [-0.2, -0.15) is 0 Å². The summed E-state index contributed by atoms with van der Waals surface area (Å²) in [4.78, 5) is 18.5. The molecule has 11 heteroatoms. The van der Waals surface area contributed by atoms with Gasteiger partial charge in [0.15, 0.2) is 0 Å². The molecule has 40 heavy (non-hydrogen) atoms. The summed E-state index contributed by atoms with van der Waals surface area (Å²) in [7, 11) is 0. The van der Waals surface area contributed by atoms with Gasteiger partial charge in [0.1, 0.15) is 12.3 Å². The standard InChI is InChI=1S/C29H50F2N6O3/c1-16(2)24-26-22(8-9-33-24)40-13-5-12-39-21-7-4-6-19(30)23(21)25-20(31)14-18-27(36-11-10-32-15-17(36)3)35-29(38)37(26)28(18)34-25/h16-28,32-34H,4-15H2,1-3H3,(H,35,38)/t17-,18?,19?,20?,21?,22?,23?,24?,25?,26?,27?,28?/m0/s1. The molecular formula is C29H50F2N6O3. The van der Waals surface area contributed by atoms with Crippen molar-refractivity contribution in [3.05, 3.63) is 0 Å². The fraction of sp³-hybridized carbons (Fsp3) is 0.966. The normalized spacial score (nSPS) is 47.2. The van der Waals surface area contributed by atoms with Crippen molar-refractivity contribution in [1.29, 1.82) is 0 Å². The number of nitrogens with zero attached hydrogens (tertiary/aromatic N) is 2. The van der Waals surface area contributed by atoms with E-state index in [1.807, 2.05) is 4.90 Å². The van der Waals surface area contributed by atoms with Crippen molar-refractivity contribution in [3.8, 4) is 0 Å². The molecule has 0 aromatic heterocycles. The Morgan fingerprint density at radius 3 is 2.55 bits per heavy atom. The van der Waals surface area contributed by atoms with Crippen LogP contribution in [0.25, 0.3) is 0 Å². The van der Waals surface area contributed by atoms with Crippen LogP contribution in [0.2, 0.25) is 0 Å². The van der Waals surface area contributed by atoms with E-state index in [2.05, 4.69) is 46.9 Å². The third-order valence-electron chi connectivity index (χ3n) is 10.6. The predicted molar refractivity (Wildman–Crippen MR) is 148 cm³/mol. The zero-order valence-electron chi connectivity index (χ0n) is 24.4. The molecule has 4 N–H and O–H groups in total. The number of rotatable bonds is 2. The Hall–Kier alpha value is -1.11. The van der Waals surface area contributed by atoms with Crippen molar-refractivity contribution in [2.45, 2.75) is 120 Å². The summed E-state index contributed by atoms with van der Waals surface area (Å²) < 4.78 is 44.9. The number of hydrogen-bond donors (Lipinski definition) is 4. The molecule has 6 aliphatic rings. The zero-order chi connectivity index (χ0) is 28.0. The largest absolute Gasteiger partial charge is 0.378 e. The molecule has 6 fully saturated rings.